The van der Waals surface area contributed by atoms with Gasteiger partial charge in [-0.3, -0.25) is 0 Å². The zero-order valence-corrected chi connectivity index (χ0v) is 20.8. The van der Waals surface area contributed by atoms with E-state index in [4.69, 9.17) is 4.74 Å². The Morgan fingerprint density at radius 1 is 1.11 bits per heavy atom. The number of halogens is 3. The molecule has 0 aliphatic heterocycles. The Kier molecular flexibility index (Phi) is 8.88. The van der Waals surface area contributed by atoms with Crippen LogP contribution >= 0.6 is 57.6 Å². The van der Waals surface area contributed by atoms with E-state index in [-0.39, 0.29) is 18.3 Å². The highest BCUT2D eigenvalue weighted by Crippen LogP contribution is 2.36. The van der Waals surface area contributed by atoms with Crippen molar-refractivity contribution in [3.8, 4) is 17.2 Å². The van der Waals surface area contributed by atoms with E-state index in [1.165, 1.54) is 5.56 Å². The first-order chi connectivity index (χ1) is 12.9. The summed E-state index contributed by atoms with van der Waals surface area (Å²) in [7, 11) is 0. The molecule has 2 aromatic carbocycles. The molecule has 150 valence electrons. The first-order valence-electron chi connectivity index (χ1n) is 8.91. The van der Waals surface area contributed by atoms with Crippen molar-refractivity contribution in [2.24, 2.45) is 0 Å². The maximum atomic E-state index is 10.0. The Hall–Kier alpha value is -1.00. The maximum Gasteiger partial charge on any atom is 0.154 e. The molecule has 28 heavy (non-hydrogen) atoms. The number of aromatic nitrogens is 2. The van der Waals surface area contributed by atoms with Crippen LogP contribution in [0.15, 0.2) is 42.7 Å². The lowest BCUT2D eigenvalue weighted by Gasteiger charge is -2.14. The van der Waals surface area contributed by atoms with Gasteiger partial charge in [0, 0.05) is 24.4 Å². The third kappa shape index (κ3) is 6.00. The van der Waals surface area contributed by atoms with Crippen LogP contribution in [0.2, 0.25) is 0 Å². The van der Waals surface area contributed by atoms with Crippen LogP contribution in [-0.4, -0.2) is 15.1 Å². The molecular weight excluding hydrogens is 602 g/mol. The Morgan fingerprint density at radius 3 is 2.43 bits per heavy atom. The minimum Gasteiger partial charge on any atom is -0.508 e. The Bertz CT molecular complexity index is 892. The normalized spacial score (nSPS) is 10.8. The quantitative estimate of drug-likeness (QED) is 0.283. The fourth-order valence-electron chi connectivity index (χ4n) is 2.93. The molecule has 1 heterocycles. The molecule has 0 saturated carbocycles. The van der Waals surface area contributed by atoms with Crippen molar-refractivity contribution in [1.29, 1.82) is 0 Å². The van der Waals surface area contributed by atoms with Gasteiger partial charge in [-0.25, -0.2) is 4.98 Å². The third-order valence-electron chi connectivity index (χ3n) is 4.33. The number of ether oxygens (including phenoxy) is 1. The lowest BCUT2D eigenvalue weighted by molar-refractivity contribution is 0.452. The van der Waals surface area contributed by atoms with E-state index in [0.717, 1.165) is 49.3 Å². The van der Waals surface area contributed by atoms with Crippen LogP contribution in [0.3, 0.4) is 0 Å². The summed E-state index contributed by atoms with van der Waals surface area (Å²) < 4.78 is 8.34. The minimum absolute atomic E-state index is 0. The van der Waals surface area contributed by atoms with Crippen molar-refractivity contribution in [3.05, 3.63) is 66.8 Å². The highest BCUT2D eigenvalue weighted by Gasteiger charge is 2.13. The molecule has 4 nitrogen and oxygen atoms in total. The van der Waals surface area contributed by atoms with E-state index in [2.05, 4.69) is 81.1 Å². The van der Waals surface area contributed by atoms with E-state index in [1.54, 1.807) is 12.3 Å². The fraction of sp³-hybridized carbons (Fsp3) is 0.286. The van der Waals surface area contributed by atoms with Crippen molar-refractivity contribution < 1.29 is 9.84 Å². The summed E-state index contributed by atoms with van der Waals surface area (Å²) >= 11 is 4.66. The summed E-state index contributed by atoms with van der Waals surface area (Å²) in [5.74, 6) is 3.20. The molecule has 0 spiro atoms. The summed E-state index contributed by atoms with van der Waals surface area (Å²) in [5.41, 5.74) is 2.20. The number of phenols is 1. The zero-order chi connectivity index (χ0) is 19.4. The van der Waals surface area contributed by atoms with Crippen LogP contribution in [0.25, 0.3) is 0 Å². The second-order valence-electron chi connectivity index (χ2n) is 6.76. The highest BCUT2D eigenvalue weighted by atomic mass is 127. The number of nitrogens with one attached hydrogen (secondary N) is 1. The van der Waals surface area contributed by atoms with E-state index < -0.39 is 0 Å². The molecule has 1 aromatic heterocycles. The smallest absolute Gasteiger partial charge is 0.154 e. The van der Waals surface area contributed by atoms with E-state index in [1.807, 2.05) is 18.3 Å². The van der Waals surface area contributed by atoms with Crippen molar-refractivity contribution in [3.63, 3.8) is 0 Å². The van der Waals surface area contributed by atoms with Gasteiger partial charge in [0.15, 0.2) is 5.75 Å². The predicted octanol–water partition coefficient (Wildman–Crippen LogP) is 6.84. The molecule has 3 rings (SSSR count). The SMILES string of the molecule is CC(C)c1cc(Oc2c(I)cc(CCCc3ncc[nH]3)cc2I)ccc1O.Cl. The number of hydrogen-bond donors (Lipinski definition) is 2. The van der Waals surface area contributed by atoms with Gasteiger partial charge in [-0.1, -0.05) is 13.8 Å². The largest absolute Gasteiger partial charge is 0.508 e. The molecule has 0 saturated heterocycles. The number of benzene rings is 2. The number of imidazole rings is 1. The van der Waals surface area contributed by atoms with Gasteiger partial charge in [-0.15, -0.1) is 12.4 Å². The number of hydrogen-bond acceptors (Lipinski definition) is 3. The summed E-state index contributed by atoms with van der Waals surface area (Å²) in [6.45, 7) is 4.12. The molecule has 0 fully saturated rings. The number of aromatic hydroxyl groups is 1. The Balaban J connectivity index is 0.00000280. The molecule has 3 aromatic rings. The molecule has 0 radical (unpaired) electrons. The number of H-pyrrole nitrogens is 1. The first kappa shape index (κ1) is 23.3. The van der Waals surface area contributed by atoms with Gasteiger partial charge in [0.25, 0.3) is 0 Å². The monoisotopic (exact) mass is 624 g/mol. The van der Waals surface area contributed by atoms with Crippen LogP contribution in [0.5, 0.6) is 17.2 Å². The molecule has 0 atom stereocenters. The molecule has 2 N–H and O–H groups in total. The van der Waals surface area contributed by atoms with Gasteiger partial charge in [0.1, 0.15) is 17.3 Å². The standard InChI is InChI=1S/C21H22I2N2O2.ClH/c1-13(2)16-12-15(6-7-19(16)26)27-21-17(22)10-14(11-18(21)23)4-3-5-20-24-8-9-25-20;/h6-13,26H,3-5H2,1-2H3,(H,24,25);1H. The molecule has 0 bridgehead atoms. The molecule has 0 unspecified atom stereocenters. The van der Waals surface area contributed by atoms with Gasteiger partial charge in [0.2, 0.25) is 0 Å². The van der Waals surface area contributed by atoms with Crippen molar-refractivity contribution in [1.82, 2.24) is 9.97 Å². The van der Waals surface area contributed by atoms with Crippen molar-refractivity contribution >= 4 is 57.6 Å². The molecule has 0 aliphatic rings. The zero-order valence-electron chi connectivity index (χ0n) is 15.7. The van der Waals surface area contributed by atoms with Gasteiger partial charge in [0.05, 0.1) is 7.14 Å². The average Bonchev–Trinajstić information content (AvgIpc) is 3.12. The fourth-order valence-corrected chi connectivity index (χ4v) is 5.04. The van der Waals surface area contributed by atoms with Crippen molar-refractivity contribution in [2.75, 3.05) is 0 Å². The number of aryl methyl sites for hydroxylation is 2. The average molecular weight is 625 g/mol. The van der Waals surface area contributed by atoms with Crippen LogP contribution in [0.4, 0.5) is 0 Å². The van der Waals surface area contributed by atoms with Gasteiger partial charge in [-0.2, -0.15) is 0 Å². The summed E-state index contributed by atoms with van der Waals surface area (Å²) in [4.78, 5) is 7.42. The summed E-state index contributed by atoms with van der Waals surface area (Å²) in [6, 6.07) is 9.80. The lowest BCUT2D eigenvalue weighted by Crippen LogP contribution is -1.97. The van der Waals surface area contributed by atoms with Crippen LogP contribution in [0, 0.1) is 7.14 Å². The van der Waals surface area contributed by atoms with Crippen LogP contribution in [-0.2, 0) is 12.8 Å². The van der Waals surface area contributed by atoms with Gasteiger partial charge >= 0.3 is 0 Å². The summed E-state index contributed by atoms with van der Waals surface area (Å²) in [5, 5.41) is 10.0. The minimum atomic E-state index is 0. The predicted molar refractivity (Wildman–Crippen MR) is 132 cm³/mol. The highest BCUT2D eigenvalue weighted by molar-refractivity contribution is 14.1. The van der Waals surface area contributed by atoms with E-state index in [9.17, 15) is 5.11 Å². The van der Waals surface area contributed by atoms with Crippen LogP contribution < -0.4 is 4.74 Å². The molecule has 7 heteroatoms. The Morgan fingerprint density at radius 2 is 1.82 bits per heavy atom. The number of aromatic amines is 1. The second kappa shape index (κ2) is 10.7. The molecular formula is C21H23ClI2N2O2. The maximum absolute atomic E-state index is 10.0. The van der Waals surface area contributed by atoms with Crippen LogP contribution in [0.1, 0.15) is 43.1 Å². The number of rotatable bonds is 7. The third-order valence-corrected chi connectivity index (χ3v) is 5.94. The van der Waals surface area contributed by atoms with Gasteiger partial charge < -0.3 is 14.8 Å². The van der Waals surface area contributed by atoms with Crippen molar-refractivity contribution in [2.45, 2.75) is 39.0 Å². The molecule has 0 amide bonds. The number of nitrogens with zero attached hydrogens (tertiary/aromatic N) is 1. The van der Waals surface area contributed by atoms with E-state index >= 15 is 0 Å². The second-order valence-corrected chi connectivity index (χ2v) is 9.08. The lowest BCUT2D eigenvalue weighted by atomic mass is 10.0. The summed E-state index contributed by atoms with van der Waals surface area (Å²) in [6.07, 6.45) is 6.66. The topological polar surface area (TPSA) is 58.1 Å². The Labute approximate surface area is 199 Å². The number of phenolic OH excluding ortho intramolecular Hbond substituents is 1. The van der Waals surface area contributed by atoms with E-state index in [0.29, 0.717) is 5.75 Å². The molecule has 0 aliphatic carbocycles. The first-order valence-corrected chi connectivity index (χ1v) is 11.1. The van der Waals surface area contributed by atoms with Gasteiger partial charge in [-0.05, 0) is 99.8 Å².